The number of nitrogens with one attached hydrogen (secondary N) is 1. The van der Waals surface area contributed by atoms with Crippen LogP contribution in [0.4, 0.5) is 10.8 Å². The largest absolute Gasteiger partial charge is 0.482 e. The molecular weight excluding hydrogens is 410 g/mol. The van der Waals surface area contributed by atoms with Gasteiger partial charge in [-0.05, 0) is 48.4 Å². The average Bonchev–Trinajstić information content (AvgIpc) is 3.27. The van der Waals surface area contributed by atoms with Gasteiger partial charge in [-0.15, -0.1) is 11.3 Å². The van der Waals surface area contributed by atoms with Gasteiger partial charge in [-0.2, -0.15) is 0 Å². The van der Waals surface area contributed by atoms with Crippen molar-refractivity contribution in [3.05, 3.63) is 83.9 Å². The van der Waals surface area contributed by atoms with E-state index in [0.717, 1.165) is 28.6 Å². The van der Waals surface area contributed by atoms with E-state index in [0.29, 0.717) is 11.5 Å². The number of carbonyl (C=O) groups excluding carboxylic acids is 1. The Morgan fingerprint density at radius 3 is 2.65 bits per heavy atom. The molecule has 0 aliphatic rings. The minimum absolute atomic E-state index is 0.164. The first kappa shape index (κ1) is 20.6. The lowest BCUT2D eigenvalue weighted by molar-refractivity contribution is -0.136. The lowest BCUT2D eigenvalue weighted by atomic mass is 10.2. The summed E-state index contributed by atoms with van der Waals surface area (Å²) in [5.74, 6) is 0.599. The van der Waals surface area contributed by atoms with Crippen molar-refractivity contribution in [1.82, 2.24) is 9.97 Å². The molecule has 0 radical (unpaired) electrons. The van der Waals surface area contributed by atoms with Crippen LogP contribution in [-0.4, -0.2) is 22.5 Å². The molecule has 0 amide bonds. The van der Waals surface area contributed by atoms with Gasteiger partial charge in [-0.3, -0.25) is 4.98 Å². The second kappa shape index (κ2) is 9.86. The van der Waals surface area contributed by atoms with Crippen molar-refractivity contribution in [3.63, 3.8) is 0 Å². The maximum Gasteiger partial charge on any atom is 0.349 e. The van der Waals surface area contributed by atoms with E-state index in [1.54, 1.807) is 18.3 Å². The predicted molar refractivity (Wildman–Crippen MR) is 122 cm³/mol. The van der Waals surface area contributed by atoms with Gasteiger partial charge in [0.1, 0.15) is 17.2 Å². The van der Waals surface area contributed by atoms with E-state index < -0.39 is 5.97 Å². The summed E-state index contributed by atoms with van der Waals surface area (Å²) in [5, 5.41) is 5.90. The molecule has 0 saturated heterocycles. The van der Waals surface area contributed by atoms with Crippen molar-refractivity contribution < 1.29 is 14.3 Å². The van der Waals surface area contributed by atoms with Crippen LogP contribution in [0.1, 0.15) is 12.5 Å². The van der Waals surface area contributed by atoms with Crippen LogP contribution in [0.25, 0.3) is 11.4 Å². The zero-order valence-corrected chi connectivity index (χ0v) is 17.8. The van der Waals surface area contributed by atoms with Crippen LogP contribution >= 0.6 is 11.3 Å². The summed E-state index contributed by atoms with van der Waals surface area (Å²) >= 11 is 1.48. The third-order valence-electron chi connectivity index (χ3n) is 4.44. The molecule has 0 fully saturated rings. The third-order valence-corrected chi connectivity index (χ3v) is 5.19. The van der Waals surface area contributed by atoms with E-state index >= 15 is 0 Å². The molecule has 0 unspecified atom stereocenters. The highest BCUT2D eigenvalue weighted by atomic mass is 32.1. The maximum absolute atomic E-state index is 12.2. The summed E-state index contributed by atoms with van der Waals surface area (Å²) in [6.45, 7) is 1.92. The van der Waals surface area contributed by atoms with Crippen molar-refractivity contribution in [2.24, 2.45) is 0 Å². The van der Waals surface area contributed by atoms with Gasteiger partial charge in [0.2, 0.25) is 0 Å². The van der Waals surface area contributed by atoms with Crippen LogP contribution in [-0.2, 0) is 11.2 Å². The number of aryl methyl sites for hydroxylation is 1. The lowest BCUT2D eigenvalue weighted by Crippen LogP contribution is -2.17. The number of esters is 1. The van der Waals surface area contributed by atoms with Crippen molar-refractivity contribution >= 4 is 28.1 Å². The fourth-order valence-corrected chi connectivity index (χ4v) is 3.57. The third kappa shape index (κ3) is 5.67. The molecule has 31 heavy (non-hydrogen) atoms. The zero-order valence-electron chi connectivity index (χ0n) is 16.9. The Labute approximate surface area is 184 Å². The molecule has 2 heterocycles. The normalized spacial score (nSPS) is 10.5. The molecule has 0 saturated carbocycles. The standard InChI is InChI=1S/C24H21N3O3S/c1-2-17-9-11-19(12-10-17)29-15-23(28)30-20-7-5-6-18(14-20)26-24-27-22(16-31-24)21-8-3-4-13-25-21/h3-14,16H,2,15H2,1H3,(H,26,27). The Hall–Kier alpha value is -3.71. The van der Waals surface area contributed by atoms with E-state index in [4.69, 9.17) is 9.47 Å². The highest BCUT2D eigenvalue weighted by Crippen LogP contribution is 2.27. The van der Waals surface area contributed by atoms with Crippen LogP contribution in [0, 0.1) is 0 Å². The van der Waals surface area contributed by atoms with Crippen LogP contribution in [0.15, 0.2) is 78.3 Å². The SMILES string of the molecule is CCc1ccc(OCC(=O)Oc2cccc(Nc3nc(-c4ccccn4)cs3)c2)cc1. The van der Waals surface area contributed by atoms with Gasteiger partial charge < -0.3 is 14.8 Å². The molecule has 7 heteroatoms. The van der Waals surface area contributed by atoms with Gasteiger partial charge in [-0.1, -0.05) is 31.2 Å². The molecule has 2 aromatic carbocycles. The second-order valence-corrected chi connectivity index (χ2v) is 7.52. The van der Waals surface area contributed by atoms with Gasteiger partial charge in [0.25, 0.3) is 0 Å². The molecule has 4 rings (SSSR count). The molecule has 0 atom stereocenters. The monoisotopic (exact) mass is 431 g/mol. The van der Waals surface area contributed by atoms with Crippen LogP contribution in [0.5, 0.6) is 11.5 Å². The van der Waals surface area contributed by atoms with Gasteiger partial charge in [0.15, 0.2) is 11.7 Å². The number of aromatic nitrogens is 2. The number of hydrogen-bond donors (Lipinski definition) is 1. The van der Waals surface area contributed by atoms with Gasteiger partial charge >= 0.3 is 5.97 Å². The molecule has 4 aromatic rings. The average molecular weight is 432 g/mol. The number of thiazole rings is 1. The van der Waals surface area contributed by atoms with E-state index in [9.17, 15) is 4.79 Å². The van der Waals surface area contributed by atoms with Crippen molar-refractivity contribution in [2.75, 3.05) is 11.9 Å². The summed E-state index contributed by atoms with van der Waals surface area (Å²) in [5.41, 5.74) is 3.61. The first-order valence-corrected chi connectivity index (χ1v) is 10.7. The molecule has 6 nitrogen and oxygen atoms in total. The van der Waals surface area contributed by atoms with Crippen LogP contribution < -0.4 is 14.8 Å². The molecule has 1 N–H and O–H groups in total. The number of anilines is 2. The molecule has 0 aliphatic heterocycles. The highest BCUT2D eigenvalue weighted by Gasteiger charge is 2.09. The molecule has 0 spiro atoms. The Kier molecular flexibility index (Phi) is 6.54. The number of carbonyl (C=O) groups is 1. The number of hydrogen-bond acceptors (Lipinski definition) is 7. The molecule has 2 aromatic heterocycles. The van der Waals surface area contributed by atoms with E-state index in [1.807, 2.05) is 60.0 Å². The maximum atomic E-state index is 12.2. The Balaban J connectivity index is 1.33. The smallest absolute Gasteiger partial charge is 0.349 e. The molecule has 0 bridgehead atoms. The summed E-state index contributed by atoms with van der Waals surface area (Å²) in [6, 6.07) is 20.5. The van der Waals surface area contributed by atoms with Gasteiger partial charge in [0, 0.05) is 23.3 Å². The van der Waals surface area contributed by atoms with Crippen molar-refractivity contribution in [3.8, 4) is 22.9 Å². The Bertz CT molecular complexity index is 1140. The number of rotatable bonds is 8. The molecule has 0 aliphatic carbocycles. The number of benzene rings is 2. The Morgan fingerprint density at radius 2 is 1.87 bits per heavy atom. The summed E-state index contributed by atoms with van der Waals surface area (Å²) in [4.78, 5) is 21.0. The summed E-state index contributed by atoms with van der Waals surface area (Å²) < 4.78 is 10.9. The minimum atomic E-state index is -0.469. The van der Waals surface area contributed by atoms with Crippen LogP contribution in [0.2, 0.25) is 0 Å². The van der Waals surface area contributed by atoms with E-state index in [2.05, 4.69) is 22.2 Å². The topological polar surface area (TPSA) is 73.3 Å². The van der Waals surface area contributed by atoms with Gasteiger partial charge in [-0.25, -0.2) is 9.78 Å². The summed E-state index contributed by atoms with van der Waals surface area (Å²) in [7, 11) is 0. The number of ether oxygens (including phenoxy) is 2. The molecule has 156 valence electrons. The van der Waals surface area contributed by atoms with Crippen LogP contribution in [0.3, 0.4) is 0 Å². The second-order valence-electron chi connectivity index (χ2n) is 6.67. The quantitative estimate of drug-likeness (QED) is 0.294. The van der Waals surface area contributed by atoms with E-state index in [-0.39, 0.29) is 6.61 Å². The number of pyridine rings is 1. The lowest BCUT2D eigenvalue weighted by Gasteiger charge is -2.09. The van der Waals surface area contributed by atoms with Crippen molar-refractivity contribution in [2.45, 2.75) is 13.3 Å². The Morgan fingerprint density at radius 1 is 1.00 bits per heavy atom. The fraction of sp³-hybridized carbons (Fsp3) is 0.125. The predicted octanol–water partition coefficient (Wildman–Crippen LogP) is 5.50. The first-order chi connectivity index (χ1) is 15.2. The highest BCUT2D eigenvalue weighted by molar-refractivity contribution is 7.14. The summed E-state index contributed by atoms with van der Waals surface area (Å²) in [6.07, 6.45) is 2.70. The number of nitrogens with zero attached hydrogens (tertiary/aromatic N) is 2. The fourth-order valence-electron chi connectivity index (χ4n) is 2.85. The minimum Gasteiger partial charge on any atom is -0.482 e. The van der Waals surface area contributed by atoms with Crippen molar-refractivity contribution in [1.29, 1.82) is 0 Å². The zero-order chi connectivity index (χ0) is 21.5. The first-order valence-electron chi connectivity index (χ1n) is 9.86. The van der Waals surface area contributed by atoms with Gasteiger partial charge in [0.05, 0.1) is 5.69 Å². The van der Waals surface area contributed by atoms with E-state index in [1.165, 1.54) is 16.9 Å². The molecular formula is C24H21N3O3S.